The molecule has 0 unspecified atom stereocenters. The van der Waals surface area contributed by atoms with Crippen LogP contribution >= 0.6 is 11.6 Å². The monoisotopic (exact) mass is 203 g/mol. The van der Waals surface area contributed by atoms with Gasteiger partial charge in [0.15, 0.2) is 0 Å². The summed E-state index contributed by atoms with van der Waals surface area (Å²) in [4.78, 5) is 4.06. The van der Waals surface area contributed by atoms with Gasteiger partial charge in [0.1, 0.15) is 0 Å². The minimum absolute atomic E-state index is 0.779. The van der Waals surface area contributed by atoms with Crippen LogP contribution in [0.4, 0.5) is 0 Å². The van der Waals surface area contributed by atoms with Gasteiger partial charge in [-0.25, -0.2) is 0 Å². The predicted octanol–water partition coefficient (Wildman–Crippen LogP) is 3.71. The highest BCUT2D eigenvalue weighted by Gasteiger charge is 2.04. The van der Waals surface area contributed by atoms with Gasteiger partial charge in [-0.05, 0) is 30.2 Å². The number of aryl methyl sites for hydroxylation is 1. The largest absolute Gasteiger partial charge is 0.264 e. The smallest absolute Gasteiger partial charge is 0.0484 e. The van der Waals surface area contributed by atoms with E-state index in [0.29, 0.717) is 0 Å². The van der Waals surface area contributed by atoms with Gasteiger partial charge in [-0.15, -0.1) is 0 Å². The first-order chi connectivity index (χ1) is 6.79. The molecule has 0 N–H and O–H groups in total. The highest BCUT2D eigenvalue weighted by molar-refractivity contribution is 6.33. The minimum Gasteiger partial charge on any atom is -0.264 e. The van der Waals surface area contributed by atoms with Crippen LogP contribution in [0.3, 0.4) is 0 Å². The molecule has 0 aliphatic heterocycles. The Kier molecular flexibility index (Phi) is 2.51. The summed E-state index contributed by atoms with van der Waals surface area (Å²) in [6.07, 6.45) is 3.63. The summed E-state index contributed by atoms with van der Waals surface area (Å²) in [5.41, 5.74) is 3.35. The summed E-state index contributed by atoms with van der Waals surface area (Å²) < 4.78 is 0. The minimum atomic E-state index is 0.779. The molecule has 0 aliphatic rings. The van der Waals surface area contributed by atoms with Gasteiger partial charge in [0.2, 0.25) is 0 Å². The molecule has 0 saturated carbocycles. The molecule has 1 aromatic heterocycles. The lowest BCUT2D eigenvalue weighted by Gasteiger charge is -2.06. The lowest BCUT2D eigenvalue weighted by atomic mass is 10.0. The summed E-state index contributed by atoms with van der Waals surface area (Å²) in [5, 5.41) is 0.779. The summed E-state index contributed by atoms with van der Waals surface area (Å²) >= 11 is 6.11. The first-order valence-corrected chi connectivity index (χ1v) is 4.82. The van der Waals surface area contributed by atoms with Crippen molar-refractivity contribution in [2.45, 2.75) is 6.92 Å². The number of benzene rings is 1. The SMILES string of the molecule is Cc1cnccc1-c1ccccc1Cl. The van der Waals surface area contributed by atoms with Crippen LogP contribution in [0.25, 0.3) is 11.1 Å². The van der Waals surface area contributed by atoms with E-state index in [1.165, 1.54) is 0 Å². The molecule has 2 aromatic rings. The van der Waals surface area contributed by atoms with Gasteiger partial charge < -0.3 is 0 Å². The van der Waals surface area contributed by atoms with Crippen LogP contribution in [-0.2, 0) is 0 Å². The first kappa shape index (κ1) is 9.22. The lowest BCUT2D eigenvalue weighted by Crippen LogP contribution is -1.84. The van der Waals surface area contributed by atoms with Crippen LogP contribution in [0.2, 0.25) is 5.02 Å². The van der Waals surface area contributed by atoms with E-state index in [1.54, 1.807) is 6.20 Å². The van der Waals surface area contributed by atoms with Crippen molar-refractivity contribution >= 4 is 11.6 Å². The molecule has 0 amide bonds. The van der Waals surface area contributed by atoms with Crippen LogP contribution in [-0.4, -0.2) is 4.98 Å². The average molecular weight is 204 g/mol. The molecule has 70 valence electrons. The van der Waals surface area contributed by atoms with Crippen molar-refractivity contribution in [3.05, 3.63) is 53.3 Å². The van der Waals surface area contributed by atoms with Crippen molar-refractivity contribution < 1.29 is 0 Å². The van der Waals surface area contributed by atoms with Gasteiger partial charge in [0.25, 0.3) is 0 Å². The normalized spacial score (nSPS) is 10.1. The summed E-state index contributed by atoms with van der Waals surface area (Å²) in [5.74, 6) is 0. The van der Waals surface area contributed by atoms with Crippen LogP contribution in [0.1, 0.15) is 5.56 Å². The van der Waals surface area contributed by atoms with Gasteiger partial charge in [0.05, 0.1) is 0 Å². The molecule has 0 atom stereocenters. The molecule has 1 heterocycles. The van der Waals surface area contributed by atoms with Crippen molar-refractivity contribution in [2.75, 3.05) is 0 Å². The summed E-state index contributed by atoms with van der Waals surface area (Å²) in [6.45, 7) is 2.03. The Balaban J connectivity index is 2.61. The van der Waals surface area contributed by atoms with Crippen molar-refractivity contribution in [1.82, 2.24) is 4.98 Å². The third-order valence-electron chi connectivity index (χ3n) is 2.18. The van der Waals surface area contributed by atoms with E-state index in [0.717, 1.165) is 21.7 Å². The van der Waals surface area contributed by atoms with E-state index >= 15 is 0 Å². The third-order valence-corrected chi connectivity index (χ3v) is 2.51. The van der Waals surface area contributed by atoms with E-state index in [9.17, 15) is 0 Å². The maximum absolute atomic E-state index is 6.11. The number of hydrogen-bond donors (Lipinski definition) is 0. The molecule has 0 bridgehead atoms. The average Bonchev–Trinajstić information content (AvgIpc) is 2.20. The Hall–Kier alpha value is -1.34. The zero-order valence-corrected chi connectivity index (χ0v) is 8.62. The molecule has 14 heavy (non-hydrogen) atoms. The quantitative estimate of drug-likeness (QED) is 0.689. The second-order valence-corrected chi connectivity index (χ2v) is 3.58. The van der Waals surface area contributed by atoms with Gasteiger partial charge in [0, 0.05) is 23.0 Å². The van der Waals surface area contributed by atoms with Gasteiger partial charge in [-0.1, -0.05) is 29.8 Å². The molecule has 0 radical (unpaired) electrons. The number of pyridine rings is 1. The van der Waals surface area contributed by atoms with Crippen LogP contribution < -0.4 is 0 Å². The first-order valence-electron chi connectivity index (χ1n) is 4.44. The molecule has 1 aromatic carbocycles. The fourth-order valence-corrected chi connectivity index (χ4v) is 1.69. The zero-order chi connectivity index (χ0) is 9.97. The standard InChI is InChI=1S/C12H10ClN/c1-9-8-14-7-6-10(9)11-4-2-3-5-12(11)13/h2-8H,1H3. The predicted molar refractivity (Wildman–Crippen MR) is 59.4 cm³/mol. The van der Waals surface area contributed by atoms with Crippen molar-refractivity contribution in [1.29, 1.82) is 0 Å². The van der Waals surface area contributed by atoms with Crippen LogP contribution in [0.5, 0.6) is 0 Å². The second kappa shape index (κ2) is 3.81. The lowest BCUT2D eigenvalue weighted by molar-refractivity contribution is 1.27. The van der Waals surface area contributed by atoms with E-state index in [-0.39, 0.29) is 0 Å². The molecule has 0 spiro atoms. The van der Waals surface area contributed by atoms with Crippen molar-refractivity contribution in [3.63, 3.8) is 0 Å². The Labute approximate surface area is 88.4 Å². The molecule has 0 fully saturated rings. The van der Waals surface area contributed by atoms with Gasteiger partial charge in [-0.3, -0.25) is 4.98 Å². The maximum Gasteiger partial charge on any atom is 0.0484 e. The zero-order valence-electron chi connectivity index (χ0n) is 7.87. The Morgan fingerprint density at radius 3 is 2.57 bits per heavy atom. The second-order valence-electron chi connectivity index (χ2n) is 3.17. The molecule has 0 saturated heterocycles. The van der Waals surface area contributed by atoms with Gasteiger partial charge >= 0.3 is 0 Å². The Morgan fingerprint density at radius 2 is 1.86 bits per heavy atom. The van der Waals surface area contributed by atoms with E-state index in [1.807, 2.05) is 43.5 Å². The summed E-state index contributed by atoms with van der Waals surface area (Å²) in [7, 11) is 0. The number of nitrogens with zero attached hydrogens (tertiary/aromatic N) is 1. The third kappa shape index (κ3) is 1.64. The van der Waals surface area contributed by atoms with E-state index in [4.69, 9.17) is 11.6 Å². The Bertz CT molecular complexity index is 408. The van der Waals surface area contributed by atoms with Gasteiger partial charge in [-0.2, -0.15) is 0 Å². The van der Waals surface area contributed by atoms with Crippen LogP contribution in [0.15, 0.2) is 42.7 Å². The number of rotatable bonds is 1. The van der Waals surface area contributed by atoms with Crippen molar-refractivity contribution in [3.8, 4) is 11.1 Å². The number of aromatic nitrogens is 1. The molecular formula is C12H10ClN. The maximum atomic E-state index is 6.11. The number of hydrogen-bond acceptors (Lipinski definition) is 1. The number of halogens is 1. The topological polar surface area (TPSA) is 12.9 Å². The molecular weight excluding hydrogens is 194 g/mol. The highest BCUT2D eigenvalue weighted by atomic mass is 35.5. The summed E-state index contributed by atoms with van der Waals surface area (Å²) in [6, 6.07) is 9.82. The molecule has 1 nitrogen and oxygen atoms in total. The van der Waals surface area contributed by atoms with Crippen molar-refractivity contribution in [2.24, 2.45) is 0 Å². The van der Waals surface area contributed by atoms with E-state index in [2.05, 4.69) is 4.98 Å². The fourth-order valence-electron chi connectivity index (χ4n) is 1.46. The molecule has 0 aliphatic carbocycles. The molecule has 2 heteroatoms. The molecule has 2 rings (SSSR count). The highest BCUT2D eigenvalue weighted by Crippen LogP contribution is 2.28. The van der Waals surface area contributed by atoms with Crippen LogP contribution in [0, 0.1) is 6.92 Å². The van der Waals surface area contributed by atoms with E-state index < -0.39 is 0 Å². The Morgan fingerprint density at radius 1 is 1.07 bits per heavy atom. The fraction of sp³-hybridized carbons (Fsp3) is 0.0833.